The topological polar surface area (TPSA) is 63.7 Å². The number of halogens is 1. The van der Waals surface area contributed by atoms with Crippen molar-refractivity contribution in [2.45, 2.75) is 17.9 Å². The van der Waals surface area contributed by atoms with Crippen LogP contribution < -0.4 is 0 Å². The Labute approximate surface area is 152 Å². The number of Topliss-reactive ketones (excluding diaryl/α,β-unsaturated/α-hetero) is 1. The van der Waals surface area contributed by atoms with E-state index in [1.807, 2.05) is 12.1 Å². The standard InChI is InChI=1S/C18H18ClNO4S/c1-13(21)14-4-3-7-17(11-14)25(22,23)20-8-9-24-18(12-20)15-5-2-6-16(19)10-15/h2-7,10-11,18H,8-9,12H2,1H3. The van der Waals surface area contributed by atoms with Gasteiger partial charge in [-0.15, -0.1) is 0 Å². The molecular weight excluding hydrogens is 362 g/mol. The molecule has 1 atom stereocenters. The third-order valence-corrected chi connectivity index (χ3v) is 6.22. The summed E-state index contributed by atoms with van der Waals surface area (Å²) < 4.78 is 33.0. The maximum absolute atomic E-state index is 12.9. The highest BCUT2D eigenvalue weighted by atomic mass is 35.5. The molecular formula is C18H18ClNO4S. The van der Waals surface area contributed by atoms with Crippen molar-refractivity contribution in [2.75, 3.05) is 19.7 Å². The summed E-state index contributed by atoms with van der Waals surface area (Å²) in [4.78, 5) is 11.6. The fraction of sp³-hybridized carbons (Fsp3) is 0.278. The van der Waals surface area contributed by atoms with Gasteiger partial charge in [-0.3, -0.25) is 4.79 Å². The molecule has 0 amide bonds. The quantitative estimate of drug-likeness (QED) is 0.764. The minimum atomic E-state index is -3.70. The van der Waals surface area contributed by atoms with Crippen LogP contribution in [0.25, 0.3) is 0 Å². The lowest BCUT2D eigenvalue weighted by Gasteiger charge is -2.32. The maximum Gasteiger partial charge on any atom is 0.243 e. The van der Waals surface area contributed by atoms with E-state index < -0.39 is 10.0 Å². The molecule has 0 N–H and O–H groups in total. The molecule has 1 saturated heterocycles. The van der Waals surface area contributed by atoms with Gasteiger partial charge in [-0.2, -0.15) is 4.31 Å². The van der Waals surface area contributed by atoms with Gasteiger partial charge in [0.1, 0.15) is 0 Å². The molecule has 132 valence electrons. The average Bonchev–Trinajstić information content (AvgIpc) is 2.62. The van der Waals surface area contributed by atoms with Crippen LogP contribution in [0.4, 0.5) is 0 Å². The van der Waals surface area contributed by atoms with E-state index in [1.54, 1.807) is 24.3 Å². The Hall–Kier alpha value is -1.73. The van der Waals surface area contributed by atoms with Crippen molar-refractivity contribution >= 4 is 27.4 Å². The van der Waals surface area contributed by atoms with Crippen LogP contribution in [-0.2, 0) is 14.8 Å². The lowest BCUT2D eigenvalue weighted by atomic mass is 10.1. The second-order valence-corrected chi connectivity index (χ2v) is 8.24. The van der Waals surface area contributed by atoms with Gasteiger partial charge in [0.05, 0.1) is 17.6 Å². The van der Waals surface area contributed by atoms with Gasteiger partial charge in [0.2, 0.25) is 10.0 Å². The number of rotatable bonds is 4. The van der Waals surface area contributed by atoms with E-state index in [-0.39, 0.29) is 29.9 Å². The Morgan fingerprint density at radius 1 is 1.20 bits per heavy atom. The number of hydrogen-bond acceptors (Lipinski definition) is 4. The highest BCUT2D eigenvalue weighted by Crippen LogP contribution is 2.28. The van der Waals surface area contributed by atoms with Gasteiger partial charge in [0.25, 0.3) is 0 Å². The molecule has 0 aromatic heterocycles. The maximum atomic E-state index is 12.9. The fourth-order valence-corrected chi connectivity index (χ4v) is 4.45. The van der Waals surface area contributed by atoms with Crippen molar-refractivity contribution in [1.29, 1.82) is 0 Å². The summed E-state index contributed by atoms with van der Waals surface area (Å²) in [6.45, 7) is 2.18. The van der Waals surface area contributed by atoms with Crippen LogP contribution in [0.5, 0.6) is 0 Å². The molecule has 0 spiro atoms. The first kappa shape index (κ1) is 18.1. The molecule has 7 heteroatoms. The number of morpholine rings is 1. The van der Waals surface area contributed by atoms with Gasteiger partial charge >= 0.3 is 0 Å². The predicted octanol–water partition coefficient (Wildman–Crippen LogP) is 3.30. The number of carbonyl (C=O) groups is 1. The van der Waals surface area contributed by atoms with Gasteiger partial charge in [-0.25, -0.2) is 8.42 Å². The first-order valence-electron chi connectivity index (χ1n) is 7.86. The van der Waals surface area contributed by atoms with Gasteiger partial charge in [-0.05, 0) is 36.8 Å². The van der Waals surface area contributed by atoms with Crippen molar-refractivity contribution in [3.63, 3.8) is 0 Å². The number of carbonyl (C=O) groups excluding carboxylic acids is 1. The van der Waals surface area contributed by atoms with E-state index in [2.05, 4.69) is 0 Å². The first-order chi connectivity index (χ1) is 11.9. The second kappa shape index (κ2) is 7.25. The van der Waals surface area contributed by atoms with Crippen LogP contribution in [0, 0.1) is 0 Å². The molecule has 1 unspecified atom stereocenters. The van der Waals surface area contributed by atoms with Crippen LogP contribution in [-0.4, -0.2) is 38.2 Å². The number of ketones is 1. The van der Waals surface area contributed by atoms with Gasteiger partial charge in [0, 0.05) is 23.7 Å². The zero-order chi connectivity index (χ0) is 18.0. The number of nitrogens with zero attached hydrogens (tertiary/aromatic N) is 1. The number of sulfonamides is 1. The molecule has 1 aliphatic rings. The highest BCUT2D eigenvalue weighted by Gasteiger charge is 2.31. The van der Waals surface area contributed by atoms with E-state index in [0.717, 1.165) is 5.56 Å². The molecule has 2 aromatic carbocycles. The lowest BCUT2D eigenvalue weighted by molar-refractivity contribution is -0.00255. The largest absolute Gasteiger partial charge is 0.371 e. The minimum absolute atomic E-state index is 0.118. The molecule has 3 rings (SSSR count). The van der Waals surface area contributed by atoms with E-state index >= 15 is 0 Å². The Balaban J connectivity index is 1.87. The molecule has 0 bridgehead atoms. The third kappa shape index (κ3) is 3.93. The zero-order valence-corrected chi connectivity index (χ0v) is 15.3. The molecule has 5 nitrogen and oxygen atoms in total. The SMILES string of the molecule is CC(=O)c1cccc(S(=O)(=O)N2CCOC(c3cccc(Cl)c3)C2)c1. The van der Waals surface area contributed by atoms with Crippen LogP contribution >= 0.6 is 11.6 Å². The van der Waals surface area contributed by atoms with Gasteiger partial charge < -0.3 is 4.74 Å². The fourth-order valence-electron chi connectivity index (χ4n) is 2.78. The van der Waals surface area contributed by atoms with Gasteiger partial charge in [0.15, 0.2) is 5.78 Å². The molecule has 2 aromatic rings. The Kier molecular flexibility index (Phi) is 5.24. The normalized spacial score (nSPS) is 18.9. The van der Waals surface area contributed by atoms with Crippen molar-refractivity contribution in [3.8, 4) is 0 Å². The Morgan fingerprint density at radius 2 is 1.96 bits per heavy atom. The summed E-state index contributed by atoms with van der Waals surface area (Å²) >= 11 is 6.01. The molecule has 1 heterocycles. The van der Waals surface area contributed by atoms with Gasteiger partial charge in [-0.1, -0.05) is 35.9 Å². The average molecular weight is 380 g/mol. The van der Waals surface area contributed by atoms with E-state index in [9.17, 15) is 13.2 Å². The summed E-state index contributed by atoms with van der Waals surface area (Å²) in [7, 11) is -3.70. The lowest BCUT2D eigenvalue weighted by Crippen LogP contribution is -2.42. The van der Waals surface area contributed by atoms with E-state index in [1.165, 1.54) is 23.4 Å². The summed E-state index contributed by atoms with van der Waals surface area (Å²) in [6, 6.07) is 13.3. The van der Waals surface area contributed by atoms with Crippen LogP contribution in [0.1, 0.15) is 28.9 Å². The van der Waals surface area contributed by atoms with E-state index in [0.29, 0.717) is 17.2 Å². The zero-order valence-electron chi connectivity index (χ0n) is 13.7. The van der Waals surface area contributed by atoms with Crippen molar-refractivity contribution in [3.05, 3.63) is 64.7 Å². The second-order valence-electron chi connectivity index (χ2n) is 5.86. The third-order valence-electron chi connectivity index (χ3n) is 4.13. The van der Waals surface area contributed by atoms with Crippen LogP contribution in [0.2, 0.25) is 5.02 Å². The summed E-state index contributed by atoms with van der Waals surface area (Å²) in [5, 5.41) is 0.579. The highest BCUT2D eigenvalue weighted by molar-refractivity contribution is 7.89. The summed E-state index contributed by atoms with van der Waals surface area (Å²) in [5.41, 5.74) is 1.21. The molecule has 0 aliphatic carbocycles. The van der Waals surface area contributed by atoms with Crippen LogP contribution in [0.15, 0.2) is 53.4 Å². The molecule has 0 saturated carbocycles. The summed E-state index contributed by atoms with van der Waals surface area (Å²) in [5.74, 6) is -0.171. The first-order valence-corrected chi connectivity index (χ1v) is 9.68. The number of benzene rings is 2. The van der Waals surface area contributed by atoms with Crippen molar-refractivity contribution in [1.82, 2.24) is 4.31 Å². The Bertz CT molecular complexity index is 897. The Morgan fingerprint density at radius 3 is 2.68 bits per heavy atom. The molecule has 1 fully saturated rings. The van der Waals surface area contributed by atoms with Crippen molar-refractivity contribution in [2.24, 2.45) is 0 Å². The predicted molar refractivity (Wildman–Crippen MR) is 95.4 cm³/mol. The molecule has 0 radical (unpaired) electrons. The number of hydrogen-bond donors (Lipinski definition) is 0. The van der Waals surface area contributed by atoms with Crippen LogP contribution in [0.3, 0.4) is 0 Å². The van der Waals surface area contributed by atoms with E-state index in [4.69, 9.17) is 16.3 Å². The number of ether oxygens (including phenoxy) is 1. The molecule has 25 heavy (non-hydrogen) atoms. The molecule has 1 aliphatic heterocycles. The van der Waals surface area contributed by atoms with Crippen molar-refractivity contribution < 1.29 is 17.9 Å². The smallest absolute Gasteiger partial charge is 0.243 e. The monoisotopic (exact) mass is 379 g/mol. The minimum Gasteiger partial charge on any atom is -0.371 e. The summed E-state index contributed by atoms with van der Waals surface area (Å²) in [6.07, 6.45) is -0.377.